The first-order valence-electron chi connectivity index (χ1n) is 9.97. The second-order valence-corrected chi connectivity index (χ2v) is 7.89. The number of aromatic nitrogens is 1. The van der Waals surface area contributed by atoms with Crippen molar-refractivity contribution in [3.8, 4) is 0 Å². The van der Waals surface area contributed by atoms with Gasteiger partial charge >= 0.3 is 0 Å². The Hall–Kier alpha value is -2.69. The summed E-state index contributed by atoms with van der Waals surface area (Å²) in [5.41, 5.74) is 2.90. The van der Waals surface area contributed by atoms with Crippen LogP contribution in [0.3, 0.4) is 0 Å². The fraction of sp³-hybridized carbons (Fsp3) is 0.250. The molecule has 1 aromatic heterocycles. The second kappa shape index (κ2) is 9.21. The second-order valence-electron chi connectivity index (χ2n) is 7.45. The number of fused-ring (bicyclic) bond motifs is 1. The van der Waals surface area contributed by atoms with E-state index in [0.29, 0.717) is 5.02 Å². The number of halogens is 1. The predicted octanol–water partition coefficient (Wildman–Crippen LogP) is 4.68. The molecule has 2 aromatic carbocycles. The van der Waals surface area contributed by atoms with Gasteiger partial charge < -0.3 is 5.32 Å². The van der Waals surface area contributed by atoms with Crippen molar-refractivity contribution in [2.24, 2.45) is 0 Å². The lowest BCUT2D eigenvalue weighted by molar-refractivity contribution is -0.117. The first-order chi connectivity index (χ1) is 14.2. The van der Waals surface area contributed by atoms with Crippen molar-refractivity contribution >= 4 is 34.5 Å². The van der Waals surface area contributed by atoms with Crippen LogP contribution in [0.5, 0.6) is 0 Å². The maximum absolute atomic E-state index is 12.3. The maximum atomic E-state index is 12.3. The predicted molar refractivity (Wildman–Crippen MR) is 119 cm³/mol. The van der Waals surface area contributed by atoms with Crippen LogP contribution in [0.4, 0.5) is 0 Å². The zero-order chi connectivity index (χ0) is 20.1. The number of benzene rings is 2. The number of nitrogens with zero attached hydrogens (tertiary/aromatic N) is 2. The minimum atomic E-state index is -0.0699. The number of pyridine rings is 1. The van der Waals surface area contributed by atoms with Crippen LogP contribution in [0.2, 0.25) is 5.02 Å². The monoisotopic (exact) mass is 405 g/mol. The molecular weight excluding hydrogens is 382 g/mol. The van der Waals surface area contributed by atoms with Crippen LogP contribution in [0, 0.1) is 0 Å². The number of hydrogen-bond donors (Lipinski definition) is 1. The summed E-state index contributed by atoms with van der Waals surface area (Å²) in [7, 11) is 0. The Morgan fingerprint density at radius 1 is 1.10 bits per heavy atom. The van der Waals surface area contributed by atoms with Crippen LogP contribution in [0.15, 0.2) is 66.7 Å². The molecule has 29 heavy (non-hydrogen) atoms. The highest BCUT2D eigenvalue weighted by atomic mass is 35.5. The van der Waals surface area contributed by atoms with Crippen LogP contribution < -0.4 is 5.32 Å². The Kier molecular flexibility index (Phi) is 6.23. The molecule has 1 amide bonds. The number of hydrogen-bond acceptors (Lipinski definition) is 3. The highest BCUT2D eigenvalue weighted by Gasteiger charge is 2.20. The Balaban J connectivity index is 1.28. The van der Waals surface area contributed by atoms with Crippen LogP contribution in [0.1, 0.15) is 24.1 Å². The minimum Gasteiger partial charge on any atom is -0.350 e. The van der Waals surface area contributed by atoms with E-state index in [0.717, 1.165) is 49.1 Å². The van der Waals surface area contributed by atoms with Gasteiger partial charge in [0.15, 0.2) is 0 Å². The number of nitrogens with one attached hydrogen (secondary N) is 1. The lowest BCUT2D eigenvalue weighted by Gasteiger charge is -2.32. The highest BCUT2D eigenvalue weighted by Crippen LogP contribution is 2.18. The van der Waals surface area contributed by atoms with E-state index in [1.807, 2.05) is 36.4 Å². The van der Waals surface area contributed by atoms with E-state index in [2.05, 4.69) is 39.5 Å². The number of carbonyl (C=O) groups excluding carboxylic acids is 1. The molecule has 1 fully saturated rings. The van der Waals surface area contributed by atoms with E-state index in [4.69, 9.17) is 11.6 Å². The molecule has 0 radical (unpaired) electrons. The van der Waals surface area contributed by atoms with Gasteiger partial charge in [0, 0.05) is 42.2 Å². The van der Waals surface area contributed by atoms with Gasteiger partial charge in [-0.2, -0.15) is 0 Å². The summed E-state index contributed by atoms with van der Waals surface area (Å²) in [5, 5.41) is 4.80. The average molecular weight is 406 g/mol. The summed E-state index contributed by atoms with van der Waals surface area (Å²) in [6.45, 7) is 2.96. The number of carbonyl (C=O) groups is 1. The van der Waals surface area contributed by atoms with E-state index >= 15 is 0 Å². The summed E-state index contributed by atoms with van der Waals surface area (Å²) >= 11 is 6.04. The summed E-state index contributed by atoms with van der Waals surface area (Å²) in [6.07, 6.45) is 5.26. The van der Waals surface area contributed by atoms with Crippen molar-refractivity contribution in [3.63, 3.8) is 0 Å². The molecule has 1 saturated heterocycles. The Labute approximate surface area is 176 Å². The van der Waals surface area contributed by atoms with E-state index in [9.17, 15) is 4.79 Å². The molecule has 0 bridgehead atoms. The zero-order valence-corrected chi connectivity index (χ0v) is 17.0. The Bertz CT molecular complexity index is 1010. The van der Waals surface area contributed by atoms with Gasteiger partial charge in [-0.1, -0.05) is 54.1 Å². The summed E-state index contributed by atoms with van der Waals surface area (Å²) in [5.74, 6) is -0.0699. The van der Waals surface area contributed by atoms with E-state index in [1.165, 1.54) is 5.56 Å². The standard InChI is InChI=1S/C24H24ClN3O/c25-20-8-6-19-7-9-21(26-23(19)16-20)10-11-24(29)27-22-12-14-28(15-13-22)17-18-4-2-1-3-5-18/h1-11,16,22H,12-15,17H2,(H,27,29). The summed E-state index contributed by atoms with van der Waals surface area (Å²) in [4.78, 5) is 19.3. The fourth-order valence-electron chi connectivity index (χ4n) is 3.69. The molecule has 148 valence electrons. The molecule has 1 aliphatic rings. The van der Waals surface area contributed by atoms with E-state index < -0.39 is 0 Å². The van der Waals surface area contributed by atoms with E-state index in [1.54, 1.807) is 12.2 Å². The van der Waals surface area contributed by atoms with Gasteiger partial charge in [-0.25, -0.2) is 4.98 Å². The first-order valence-corrected chi connectivity index (χ1v) is 10.3. The van der Waals surface area contributed by atoms with Crippen molar-refractivity contribution in [3.05, 3.63) is 83.0 Å². The molecule has 0 unspecified atom stereocenters. The molecule has 3 aromatic rings. The van der Waals surface area contributed by atoms with Gasteiger partial charge in [0.25, 0.3) is 0 Å². The fourth-order valence-corrected chi connectivity index (χ4v) is 3.85. The lowest BCUT2D eigenvalue weighted by atomic mass is 10.0. The third-order valence-corrected chi connectivity index (χ3v) is 5.50. The molecule has 0 aliphatic carbocycles. The van der Waals surface area contributed by atoms with Crippen molar-refractivity contribution in [2.75, 3.05) is 13.1 Å². The molecule has 2 heterocycles. The lowest BCUT2D eigenvalue weighted by Crippen LogP contribution is -2.43. The molecule has 1 aliphatic heterocycles. The topological polar surface area (TPSA) is 45.2 Å². The Morgan fingerprint density at radius 3 is 2.66 bits per heavy atom. The van der Waals surface area contributed by atoms with Gasteiger partial charge in [-0.3, -0.25) is 9.69 Å². The van der Waals surface area contributed by atoms with Crippen molar-refractivity contribution in [1.82, 2.24) is 15.2 Å². The summed E-state index contributed by atoms with van der Waals surface area (Å²) < 4.78 is 0. The molecular formula is C24H24ClN3O. The van der Waals surface area contributed by atoms with Crippen LogP contribution >= 0.6 is 11.6 Å². The number of rotatable bonds is 5. The maximum Gasteiger partial charge on any atom is 0.244 e. The third kappa shape index (κ3) is 5.43. The first kappa shape index (κ1) is 19.6. The smallest absolute Gasteiger partial charge is 0.244 e. The normalized spacial score (nSPS) is 15.8. The molecule has 5 heteroatoms. The molecule has 4 nitrogen and oxygen atoms in total. The van der Waals surface area contributed by atoms with Crippen molar-refractivity contribution < 1.29 is 4.79 Å². The molecule has 4 rings (SSSR count). The number of likely N-dealkylation sites (tertiary alicyclic amines) is 1. The Morgan fingerprint density at radius 2 is 1.86 bits per heavy atom. The van der Waals surface area contributed by atoms with Crippen LogP contribution in [-0.2, 0) is 11.3 Å². The van der Waals surface area contributed by atoms with Crippen LogP contribution in [0.25, 0.3) is 17.0 Å². The van der Waals surface area contributed by atoms with Crippen molar-refractivity contribution in [2.45, 2.75) is 25.4 Å². The van der Waals surface area contributed by atoms with Gasteiger partial charge in [0.2, 0.25) is 5.91 Å². The SMILES string of the molecule is O=C(C=Cc1ccc2ccc(Cl)cc2n1)NC1CCN(Cc2ccccc2)CC1. The molecule has 0 spiro atoms. The largest absolute Gasteiger partial charge is 0.350 e. The molecule has 1 N–H and O–H groups in total. The number of amides is 1. The zero-order valence-electron chi connectivity index (χ0n) is 16.2. The van der Waals surface area contributed by atoms with Gasteiger partial charge in [0.1, 0.15) is 0 Å². The van der Waals surface area contributed by atoms with Gasteiger partial charge in [0.05, 0.1) is 11.2 Å². The third-order valence-electron chi connectivity index (χ3n) is 5.26. The van der Waals surface area contributed by atoms with E-state index in [-0.39, 0.29) is 11.9 Å². The molecule has 0 saturated carbocycles. The van der Waals surface area contributed by atoms with Crippen LogP contribution in [-0.4, -0.2) is 34.9 Å². The molecule has 0 atom stereocenters. The van der Waals surface area contributed by atoms with Gasteiger partial charge in [-0.15, -0.1) is 0 Å². The quantitative estimate of drug-likeness (QED) is 0.627. The van der Waals surface area contributed by atoms with Crippen molar-refractivity contribution in [1.29, 1.82) is 0 Å². The van der Waals surface area contributed by atoms with Gasteiger partial charge in [-0.05, 0) is 42.7 Å². The minimum absolute atomic E-state index is 0.0699. The number of piperidine rings is 1. The average Bonchev–Trinajstić information content (AvgIpc) is 2.74. The highest BCUT2D eigenvalue weighted by molar-refractivity contribution is 6.31. The summed E-state index contributed by atoms with van der Waals surface area (Å²) in [6, 6.07) is 20.2.